The van der Waals surface area contributed by atoms with Gasteiger partial charge in [-0.3, -0.25) is 4.29 Å². The van der Waals surface area contributed by atoms with Crippen LogP contribution in [-0.4, -0.2) is 57.7 Å². The first-order chi connectivity index (χ1) is 5.54. The van der Waals surface area contributed by atoms with E-state index in [-0.39, 0.29) is 0 Å². The van der Waals surface area contributed by atoms with Crippen molar-refractivity contribution >= 4 is 11.9 Å². The molecule has 3 nitrogen and oxygen atoms in total. The van der Waals surface area contributed by atoms with E-state index < -0.39 is 0 Å². The van der Waals surface area contributed by atoms with Gasteiger partial charge in [0.2, 0.25) is 0 Å². The Morgan fingerprint density at radius 2 is 1.25 bits per heavy atom. The van der Waals surface area contributed by atoms with Crippen molar-refractivity contribution in [1.82, 2.24) is 9.80 Å². The largest absolute Gasteiger partial charge is 0.308 e. The lowest BCUT2D eigenvalue weighted by atomic mass is 10.5. The second-order valence-electron chi connectivity index (χ2n) is 3.00. The van der Waals surface area contributed by atoms with Crippen LogP contribution in [0.25, 0.3) is 0 Å². The van der Waals surface area contributed by atoms with Gasteiger partial charge in [-0.1, -0.05) is 0 Å². The number of halogens is 1. The fraction of sp³-hybridized carbons (Fsp3) is 1.00. The Balaban J connectivity index is 0. The smallest absolute Gasteiger partial charge is 0.0654 e. The minimum atomic E-state index is 0.585. The topological polar surface area (TPSA) is 15.7 Å². The molecule has 0 unspecified atom stereocenters. The van der Waals surface area contributed by atoms with E-state index in [4.69, 9.17) is 0 Å². The molecule has 12 heavy (non-hydrogen) atoms. The molecular weight excluding hydrogens is 176 g/mol. The third kappa shape index (κ3) is 22.5. The highest BCUT2D eigenvalue weighted by atomic mass is 35.5. The Hall–Kier alpha value is 0.170. The van der Waals surface area contributed by atoms with Gasteiger partial charge in [-0.05, 0) is 35.1 Å². The van der Waals surface area contributed by atoms with Crippen LogP contribution in [0.4, 0.5) is 0 Å². The van der Waals surface area contributed by atoms with E-state index in [1.165, 1.54) is 0 Å². The molecule has 0 spiro atoms. The molecule has 0 aromatic rings. The molecule has 0 N–H and O–H groups in total. The zero-order valence-electron chi connectivity index (χ0n) is 8.80. The molecule has 0 aromatic heterocycles. The molecule has 0 atom stereocenters. The maximum absolute atomic E-state index is 4.69. The predicted molar refractivity (Wildman–Crippen MR) is 54.6 cm³/mol. The predicted octanol–water partition coefficient (Wildman–Crippen LogP) is 1.29. The standard InChI is InChI=1S/C6H16N2.C2H5ClO/c1-7(2)5-6-8(3)4;1-2-4-3/h5-6H2,1-4H3;2H2,1H3. The maximum Gasteiger partial charge on any atom is 0.0654 e. The summed E-state index contributed by atoms with van der Waals surface area (Å²) in [5.41, 5.74) is 0. The second kappa shape index (κ2) is 11.2. The van der Waals surface area contributed by atoms with Crippen LogP contribution in [0.2, 0.25) is 0 Å². The Labute approximate surface area is 81.4 Å². The van der Waals surface area contributed by atoms with Gasteiger partial charge in [0.15, 0.2) is 0 Å². The summed E-state index contributed by atoms with van der Waals surface area (Å²) < 4.78 is 4.01. The first-order valence-electron chi connectivity index (χ1n) is 4.07. The molecule has 0 heterocycles. The Bertz CT molecular complexity index is 69.5. The Kier molecular flexibility index (Phi) is 13.7. The lowest BCUT2D eigenvalue weighted by Gasteiger charge is -2.13. The number of nitrogens with zero attached hydrogens (tertiary/aromatic N) is 2. The van der Waals surface area contributed by atoms with Crippen molar-refractivity contribution < 1.29 is 4.29 Å². The number of hydrogen-bond donors (Lipinski definition) is 0. The SMILES string of the molecule is CCOCl.CN(C)CCN(C)C. The summed E-state index contributed by atoms with van der Waals surface area (Å²) in [5.74, 6) is 0. The minimum Gasteiger partial charge on any atom is -0.308 e. The zero-order valence-corrected chi connectivity index (χ0v) is 9.56. The number of likely N-dealkylation sites (N-methyl/N-ethyl adjacent to an activating group) is 2. The van der Waals surface area contributed by atoms with Crippen LogP contribution < -0.4 is 0 Å². The second-order valence-corrected chi connectivity index (χ2v) is 3.22. The number of rotatable bonds is 4. The molecule has 0 amide bonds. The first-order valence-corrected chi connectivity index (χ1v) is 4.38. The summed E-state index contributed by atoms with van der Waals surface area (Å²) in [5, 5.41) is 0. The van der Waals surface area contributed by atoms with Crippen LogP contribution in [-0.2, 0) is 4.29 Å². The summed E-state index contributed by atoms with van der Waals surface area (Å²) in [6.45, 7) is 4.70. The van der Waals surface area contributed by atoms with Crippen molar-refractivity contribution in [3.63, 3.8) is 0 Å². The average Bonchev–Trinajstić information content (AvgIpc) is 2.01. The maximum atomic E-state index is 4.69. The van der Waals surface area contributed by atoms with Crippen molar-refractivity contribution in [2.45, 2.75) is 6.92 Å². The molecule has 0 radical (unpaired) electrons. The highest BCUT2D eigenvalue weighted by molar-refractivity contribution is 6.07. The van der Waals surface area contributed by atoms with Gasteiger partial charge in [0, 0.05) is 13.1 Å². The van der Waals surface area contributed by atoms with E-state index in [2.05, 4.69) is 54.1 Å². The summed E-state index contributed by atoms with van der Waals surface area (Å²) in [6.07, 6.45) is 0. The van der Waals surface area contributed by atoms with E-state index in [0.29, 0.717) is 6.61 Å². The monoisotopic (exact) mass is 196 g/mol. The third-order valence-corrected chi connectivity index (χ3v) is 1.32. The molecule has 0 saturated carbocycles. The van der Waals surface area contributed by atoms with Gasteiger partial charge < -0.3 is 9.80 Å². The van der Waals surface area contributed by atoms with E-state index in [9.17, 15) is 0 Å². The van der Waals surface area contributed by atoms with E-state index in [1.807, 2.05) is 6.92 Å². The van der Waals surface area contributed by atoms with Crippen LogP contribution in [0.5, 0.6) is 0 Å². The molecule has 0 aliphatic rings. The van der Waals surface area contributed by atoms with Crippen molar-refractivity contribution in [3.05, 3.63) is 0 Å². The van der Waals surface area contributed by atoms with E-state index in [1.54, 1.807) is 0 Å². The highest BCUT2D eigenvalue weighted by Crippen LogP contribution is 1.76. The molecule has 0 rings (SSSR count). The van der Waals surface area contributed by atoms with Gasteiger partial charge in [-0.2, -0.15) is 0 Å². The van der Waals surface area contributed by atoms with Gasteiger partial charge in [0.05, 0.1) is 18.5 Å². The fourth-order valence-electron chi connectivity index (χ4n) is 0.400. The van der Waals surface area contributed by atoms with Gasteiger partial charge >= 0.3 is 0 Å². The van der Waals surface area contributed by atoms with Crippen molar-refractivity contribution in [2.75, 3.05) is 47.9 Å². The Morgan fingerprint density at radius 1 is 1.00 bits per heavy atom. The normalized spacial score (nSPS) is 10.0. The van der Waals surface area contributed by atoms with Crippen molar-refractivity contribution in [1.29, 1.82) is 0 Å². The van der Waals surface area contributed by atoms with Crippen LogP contribution in [0.15, 0.2) is 0 Å². The molecule has 0 aromatic carbocycles. The van der Waals surface area contributed by atoms with Gasteiger partial charge in [0.1, 0.15) is 0 Å². The number of hydrogen-bond acceptors (Lipinski definition) is 3. The molecule has 0 fully saturated rings. The highest BCUT2D eigenvalue weighted by Gasteiger charge is 1.89. The average molecular weight is 197 g/mol. The Morgan fingerprint density at radius 3 is 1.33 bits per heavy atom. The van der Waals surface area contributed by atoms with Gasteiger partial charge in [0.25, 0.3) is 0 Å². The molecule has 0 saturated heterocycles. The van der Waals surface area contributed by atoms with E-state index >= 15 is 0 Å². The van der Waals surface area contributed by atoms with Gasteiger partial charge in [-0.25, -0.2) is 0 Å². The quantitative estimate of drug-likeness (QED) is 0.674. The molecule has 0 aliphatic carbocycles. The fourth-order valence-corrected chi connectivity index (χ4v) is 0.400. The molecule has 0 aliphatic heterocycles. The van der Waals surface area contributed by atoms with E-state index in [0.717, 1.165) is 13.1 Å². The summed E-state index contributed by atoms with van der Waals surface area (Å²) in [6, 6.07) is 0. The molecular formula is C8H21ClN2O. The zero-order chi connectivity index (χ0) is 9.98. The van der Waals surface area contributed by atoms with Crippen LogP contribution in [0.1, 0.15) is 6.92 Å². The lowest BCUT2D eigenvalue weighted by Crippen LogP contribution is -2.25. The summed E-state index contributed by atoms with van der Waals surface area (Å²) >= 11 is 4.69. The molecule has 0 bridgehead atoms. The van der Waals surface area contributed by atoms with Crippen molar-refractivity contribution in [2.24, 2.45) is 0 Å². The van der Waals surface area contributed by atoms with Gasteiger partial charge in [-0.15, -0.1) is 0 Å². The summed E-state index contributed by atoms with van der Waals surface area (Å²) in [4.78, 5) is 4.36. The molecule has 4 heteroatoms. The van der Waals surface area contributed by atoms with Crippen LogP contribution >= 0.6 is 11.9 Å². The third-order valence-electron chi connectivity index (χ3n) is 1.10. The van der Waals surface area contributed by atoms with Crippen LogP contribution in [0, 0.1) is 0 Å². The minimum absolute atomic E-state index is 0.585. The lowest BCUT2D eigenvalue weighted by molar-refractivity contribution is 0.320. The molecule has 76 valence electrons. The van der Waals surface area contributed by atoms with Crippen molar-refractivity contribution in [3.8, 4) is 0 Å². The first kappa shape index (κ1) is 14.7. The van der Waals surface area contributed by atoms with Crippen LogP contribution in [0.3, 0.4) is 0 Å². The summed E-state index contributed by atoms with van der Waals surface area (Å²) in [7, 11) is 8.35.